The van der Waals surface area contributed by atoms with Crippen molar-refractivity contribution in [1.29, 1.82) is 0 Å². The maximum absolute atomic E-state index is 10.1. The van der Waals surface area contributed by atoms with Crippen molar-refractivity contribution in [2.75, 3.05) is 6.61 Å². The molecule has 3 atom stereocenters. The van der Waals surface area contributed by atoms with E-state index in [-0.39, 0.29) is 5.92 Å². The van der Waals surface area contributed by atoms with Crippen molar-refractivity contribution < 1.29 is 15.1 Å². The summed E-state index contributed by atoms with van der Waals surface area (Å²) < 4.78 is 0. The van der Waals surface area contributed by atoms with Crippen LogP contribution in [0.3, 0.4) is 0 Å². The van der Waals surface area contributed by atoms with Crippen molar-refractivity contribution in [3.8, 4) is 0 Å². The van der Waals surface area contributed by atoms with Crippen molar-refractivity contribution in [3.05, 3.63) is 12.7 Å². The number of aliphatic hydroxyl groups excluding tert-OH is 1. The minimum atomic E-state index is -0.835. The number of hydrogen-bond donors (Lipinski definition) is 2. The molecule has 2 aliphatic rings. The third-order valence-electron chi connectivity index (χ3n) is 2.93. The van der Waals surface area contributed by atoms with Crippen LogP contribution in [0.15, 0.2) is 17.8 Å². The molecule has 14 heavy (non-hydrogen) atoms. The van der Waals surface area contributed by atoms with E-state index >= 15 is 0 Å². The van der Waals surface area contributed by atoms with E-state index in [4.69, 9.17) is 4.84 Å². The number of rotatable bonds is 2. The molecule has 0 unspecified atom stereocenters. The van der Waals surface area contributed by atoms with Crippen LogP contribution in [0.5, 0.6) is 0 Å². The fourth-order valence-electron chi connectivity index (χ4n) is 2.30. The van der Waals surface area contributed by atoms with Crippen molar-refractivity contribution in [2.45, 2.75) is 31.0 Å². The monoisotopic (exact) mass is 197 g/mol. The van der Waals surface area contributed by atoms with Gasteiger partial charge in [0.1, 0.15) is 6.61 Å². The topological polar surface area (TPSA) is 62.0 Å². The van der Waals surface area contributed by atoms with Crippen LogP contribution in [-0.2, 0) is 4.84 Å². The molecule has 0 aromatic rings. The highest BCUT2D eigenvalue weighted by Gasteiger charge is 2.44. The molecule has 0 spiro atoms. The van der Waals surface area contributed by atoms with Gasteiger partial charge in [-0.05, 0) is 12.8 Å². The molecule has 0 bridgehead atoms. The maximum Gasteiger partial charge on any atom is 0.125 e. The second-order valence-corrected chi connectivity index (χ2v) is 4.15. The molecule has 0 aromatic heterocycles. The molecule has 0 saturated heterocycles. The first kappa shape index (κ1) is 9.68. The molecule has 2 rings (SSSR count). The predicted molar refractivity (Wildman–Crippen MR) is 51.9 cm³/mol. The number of oxime groups is 1. The number of nitrogens with zero attached hydrogens (tertiary/aromatic N) is 1. The zero-order valence-electron chi connectivity index (χ0n) is 8.02. The van der Waals surface area contributed by atoms with Crippen molar-refractivity contribution in [2.24, 2.45) is 11.1 Å². The van der Waals surface area contributed by atoms with E-state index in [0.29, 0.717) is 31.6 Å². The van der Waals surface area contributed by atoms with E-state index in [1.54, 1.807) is 6.08 Å². The minimum absolute atomic E-state index is 0.0729. The Kier molecular flexibility index (Phi) is 2.33. The average Bonchev–Trinajstić information content (AvgIpc) is 2.51. The van der Waals surface area contributed by atoms with Gasteiger partial charge in [0, 0.05) is 12.3 Å². The van der Waals surface area contributed by atoms with Crippen LogP contribution in [0.1, 0.15) is 19.3 Å². The SMILES string of the molecule is C=CC[C@@]1(O)C[C@H]2CON=C2[C@@H](O)C1. The molecule has 1 heterocycles. The molecule has 1 fully saturated rings. The van der Waals surface area contributed by atoms with E-state index in [1.807, 2.05) is 0 Å². The van der Waals surface area contributed by atoms with E-state index < -0.39 is 11.7 Å². The van der Waals surface area contributed by atoms with Crippen LogP contribution in [0, 0.1) is 5.92 Å². The van der Waals surface area contributed by atoms with E-state index in [2.05, 4.69) is 11.7 Å². The molecule has 0 amide bonds. The first-order valence-corrected chi connectivity index (χ1v) is 4.86. The van der Waals surface area contributed by atoms with E-state index in [1.165, 1.54) is 0 Å². The van der Waals surface area contributed by atoms with Gasteiger partial charge < -0.3 is 15.1 Å². The van der Waals surface area contributed by atoms with Crippen molar-refractivity contribution >= 4 is 5.71 Å². The lowest BCUT2D eigenvalue weighted by Crippen LogP contribution is -2.46. The molecular weight excluding hydrogens is 182 g/mol. The molecule has 1 aliphatic carbocycles. The Hall–Kier alpha value is -0.870. The quantitative estimate of drug-likeness (QED) is 0.632. The summed E-state index contributed by atoms with van der Waals surface area (Å²) >= 11 is 0. The zero-order chi connectivity index (χ0) is 10.2. The summed E-state index contributed by atoms with van der Waals surface area (Å²) in [5.41, 5.74) is -0.141. The highest BCUT2D eigenvalue weighted by atomic mass is 16.6. The zero-order valence-corrected chi connectivity index (χ0v) is 8.02. The van der Waals surface area contributed by atoms with Gasteiger partial charge in [-0.1, -0.05) is 11.2 Å². The van der Waals surface area contributed by atoms with Crippen LogP contribution in [-0.4, -0.2) is 34.2 Å². The lowest BCUT2D eigenvalue weighted by atomic mass is 9.74. The molecule has 2 N–H and O–H groups in total. The third-order valence-corrected chi connectivity index (χ3v) is 2.93. The Morgan fingerprint density at radius 1 is 1.64 bits per heavy atom. The van der Waals surface area contributed by atoms with E-state index in [0.717, 1.165) is 0 Å². The molecule has 4 nitrogen and oxygen atoms in total. The average molecular weight is 197 g/mol. The molecule has 1 saturated carbocycles. The Labute approximate surface area is 82.9 Å². The first-order chi connectivity index (χ1) is 6.64. The summed E-state index contributed by atoms with van der Waals surface area (Å²) in [7, 11) is 0. The highest BCUT2D eigenvalue weighted by molar-refractivity contribution is 5.92. The van der Waals surface area contributed by atoms with E-state index in [9.17, 15) is 10.2 Å². The van der Waals surface area contributed by atoms with Crippen LogP contribution in [0.4, 0.5) is 0 Å². The summed E-state index contributed by atoms with van der Waals surface area (Å²) in [4.78, 5) is 4.92. The Morgan fingerprint density at radius 2 is 2.43 bits per heavy atom. The van der Waals surface area contributed by atoms with Gasteiger partial charge in [-0.2, -0.15) is 0 Å². The largest absolute Gasteiger partial charge is 0.395 e. The second kappa shape index (κ2) is 3.37. The second-order valence-electron chi connectivity index (χ2n) is 4.15. The lowest BCUT2D eigenvalue weighted by Gasteiger charge is -2.36. The van der Waals surface area contributed by atoms with Crippen LogP contribution in [0.2, 0.25) is 0 Å². The molecule has 0 aromatic carbocycles. The summed E-state index contributed by atoms with van der Waals surface area (Å²) in [5, 5.41) is 23.7. The van der Waals surface area contributed by atoms with Crippen LogP contribution < -0.4 is 0 Å². The Bertz CT molecular complexity index is 277. The fraction of sp³-hybridized carbons (Fsp3) is 0.700. The van der Waals surface area contributed by atoms with Gasteiger partial charge in [0.2, 0.25) is 0 Å². The van der Waals surface area contributed by atoms with Gasteiger partial charge in [-0.15, -0.1) is 6.58 Å². The highest BCUT2D eigenvalue weighted by Crippen LogP contribution is 2.36. The lowest BCUT2D eigenvalue weighted by molar-refractivity contribution is -0.0233. The standard InChI is InChI=1S/C10H15NO3/c1-2-3-10(13)4-7-6-14-11-9(7)8(12)5-10/h2,7-8,12-13H,1,3-6H2/t7-,8-,10+/m0/s1. The normalized spacial score (nSPS) is 41.1. The first-order valence-electron chi connectivity index (χ1n) is 4.86. The maximum atomic E-state index is 10.1. The Balaban J connectivity index is 2.13. The van der Waals surface area contributed by atoms with Gasteiger partial charge in [0.05, 0.1) is 17.4 Å². The van der Waals surface area contributed by atoms with Crippen LogP contribution in [0.25, 0.3) is 0 Å². The molecule has 4 heteroatoms. The summed E-state index contributed by atoms with van der Waals surface area (Å²) in [5.74, 6) is 0.0729. The molecule has 0 radical (unpaired) electrons. The molecule has 1 aliphatic heterocycles. The minimum Gasteiger partial charge on any atom is -0.395 e. The number of fused-ring (bicyclic) bond motifs is 1. The van der Waals surface area contributed by atoms with Gasteiger partial charge >= 0.3 is 0 Å². The van der Waals surface area contributed by atoms with Gasteiger partial charge in [0.15, 0.2) is 0 Å². The number of aliphatic hydroxyl groups is 2. The smallest absolute Gasteiger partial charge is 0.125 e. The van der Waals surface area contributed by atoms with Gasteiger partial charge in [-0.25, -0.2) is 0 Å². The third kappa shape index (κ3) is 1.55. The van der Waals surface area contributed by atoms with Crippen molar-refractivity contribution in [1.82, 2.24) is 0 Å². The Morgan fingerprint density at radius 3 is 3.14 bits per heavy atom. The summed E-state index contributed by atoms with van der Waals surface area (Å²) in [6.45, 7) is 4.09. The molecule has 78 valence electrons. The summed E-state index contributed by atoms with van der Waals surface area (Å²) in [6, 6.07) is 0. The fourth-order valence-corrected chi connectivity index (χ4v) is 2.30. The number of hydrogen-bond acceptors (Lipinski definition) is 4. The predicted octanol–water partition coefficient (Wildman–Crippen LogP) is 0.451. The van der Waals surface area contributed by atoms with Gasteiger partial charge in [-0.3, -0.25) is 0 Å². The van der Waals surface area contributed by atoms with Crippen molar-refractivity contribution in [3.63, 3.8) is 0 Å². The van der Waals surface area contributed by atoms with Gasteiger partial charge in [0.25, 0.3) is 0 Å². The summed E-state index contributed by atoms with van der Waals surface area (Å²) in [6.07, 6.45) is 2.46. The molecular formula is C10H15NO3. The van der Waals surface area contributed by atoms with Crippen LogP contribution >= 0.6 is 0 Å².